The monoisotopic (exact) mass is 344 g/mol. The first-order chi connectivity index (χ1) is 10.4. The van der Waals surface area contributed by atoms with Gasteiger partial charge in [0.2, 0.25) is 5.91 Å². The van der Waals surface area contributed by atoms with E-state index in [1.165, 1.54) is 12.1 Å². The third-order valence-electron chi connectivity index (χ3n) is 4.29. The maximum Gasteiger partial charge on any atom is 0.225 e. The van der Waals surface area contributed by atoms with Crippen LogP contribution in [0, 0.1) is 11.7 Å². The minimum Gasteiger partial charge on any atom is -0.489 e. The molecular formula is C17H26ClFN2O2. The number of nitrogens with two attached hydrogens (primary N) is 1. The standard InChI is InChI=1S/C17H25FN2O2.ClH/c1-12(22-14-8-6-13(18)7-9-14)11-20-16(21)15-5-3-4-10-17(15,2)19;/h6-9,12,15H,3-5,10-11,19H2,1-2H3,(H,20,21);1H. The Labute approximate surface area is 143 Å². The van der Waals surface area contributed by atoms with Crippen molar-refractivity contribution in [3.8, 4) is 5.75 Å². The van der Waals surface area contributed by atoms with Crippen molar-refractivity contribution in [2.45, 2.75) is 51.2 Å². The van der Waals surface area contributed by atoms with Gasteiger partial charge in [0.1, 0.15) is 17.7 Å². The maximum atomic E-state index is 12.8. The summed E-state index contributed by atoms with van der Waals surface area (Å²) in [6.45, 7) is 4.23. The summed E-state index contributed by atoms with van der Waals surface area (Å²) in [6, 6.07) is 5.85. The maximum absolute atomic E-state index is 12.8. The number of rotatable bonds is 5. The number of nitrogens with one attached hydrogen (secondary N) is 1. The van der Waals surface area contributed by atoms with E-state index in [4.69, 9.17) is 10.5 Å². The van der Waals surface area contributed by atoms with Gasteiger partial charge in [-0.2, -0.15) is 0 Å². The Morgan fingerprint density at radius 2 is 2.09 bits per heavy atom. The number of carbonyl (C=O) groups excluding carboxylic acids is 1. The molecule has 3 unspecified atom stereocenters. The lowest BCUT2D eigenvalue weighted by atomic mass is 9.74. The molecule has 0 radical (unpaired) electrons. The molecule has 6 heteroatoms. The van der Waals surface area contributed by atoms with E-state index in [-0.39, 0.29) is 36.2 Å². The molecular weight excluding hydrogens is 319 g/mol. The van der Waals surface area contributed by atoms with Crippen molar-refractivity contribution < 1.29 is 13.9 Å². The molecule has 0 saturated heterocycles. The molecule has 4 nitrogen and oxygen atoms in total. The fourth-order valence-electron chi connectivity index (χ4n) is 2.94. The third-order valence-corrected chi connectivity index (χ3v) is 4.29. The number of halogens is 2. The number of amides is 1. The first-order valence-corrected chi connectivity index (χ1v) is 7.87. The van der Waals surface area contributed by atoms with E-state index in [1.54, 1.807) is 12.1 Å². The van der Waals surface area contributed by atoms with Crippen LogP contribution in [-0.2, 0) is 4.79 Å². The van der Waals surface area contributed by atoms with Crippen LogP contribution in [0.1, 0.15) is 39.5 Å². The predicted octanol–water partition coefficient (Wildman–Crippen LogP) is 3.04. The van der Waals surface area contributed by atoms with E-state index in [0.29, 0.717) is 12.3 Å². The number of hydrogen-bond acceptors (Lipinski definition) is 3. The van der Waals surface area contributed by atoms with Crippen LogP contribution in [0.3, 0.4) is 0 Å². The molecule has 1 aromatic rings. The van der Waals surface area contributed by atoms with Crippen LogP contribution in [0.15, 0.2) is 24.3 Å². The third kappa shape index (κ3) is 5.66. The molecule has 1 aliphatic carbocycles. The van der Waals surface area contributed by atoms with E-state index in [9.17, 15) is 9.18 Å². The molecule has 130 valence electrons. The zero-order valence-electron chi connectivity index (χ0n) is 13.7. The molecule has 3 N–H and O–H groups in total. The molecule has 1 saturated carbocycles. The van der Waals surface area contributed by atoms with Gasteiger partial charge in [0.15, 0.2) is 0 Å². The Balaban J connectivity index is 0.00000264. The van der Waals surface area contributed by atoms with Crippen molar-refractivity contribution in [1.82, 2.24) is 5.32 Å². The van der Waals surface area contributed by atoms with Crippen LogP contribution in [0.25, 0.3) is 0 Å². The molecule has 0 bridgehead atoms. The molecule has 1 aliphatic rings. The van der Waals surface area contributed by atoms with E-state index >= 15 is 0 Å². The molecule has 0 aromatic heterocycles. The van der Waals surface area contributed by atoms with Gasteiger partial charge in [0, 0.05) is 5.54 Å². The van der Waals surface area contributed by atoms with Gasteiger partial charge in [0.05, 0.1) is 12.5 Å². The minimum atomic E-state index is -0.427. The van der Waals surface area contributed by atoms with Gasteiger partial charge in [-0.3, -0.25) is 4.79 Å². The lowest BCUT2D eigenvalue weighted by Crippen LogP contribution is -2.53. The average molecular weight is 345 g/mol. The minimum absolute atomic E-state index is 0. The van der Waals surface area contributed by atoms with Crippen LogP contribution in [0.5, 0.6) is 5.75 Å². The summed E-state index contributed by atoms with van der Waals surface area (Å²) in [6.07, 6.45) is 3.66. The smallest absolute Gasteiger partial charge is 0.225 e. The molecule has 0 spiro atoms. The zero-order valence-corrected chi connectivity index (χ0v) is 14.5. The summed E-state index contributed by atoms with van der Waals surface area (Å²) >= 11 is 0. The Hall–Kier alpha value is -1.33. The van der Waals surface area contributed by atoms with Gasteiger partial charge < -0.3 is 15.8 Å². The van der Waals surface area contributed by atoms with Crippen LogP contribution in [0.4, 0.5) is 4.39 Å². The number of hydrogen-bond donors (Lipinski definition) is 2. The second kappa shape index (κ2) is 8.50. The lowest BCUT2D eigenvalue weighted by Gasteiger charge is -2.37. The second-order valence-corrected chi connectivity index (χ2v) is 6.43. The zero-order chi connectivity index (χ0) is 16.2. The SMILES string of the molecule is CC(CNC(=O)C1CCCCC1(C)N)Oc1ccc(F)cc1.Cl. The Morgan fingerprint density at radius 3 is 2.70 bits per heavy atom. The summed E-state index contributed by atoms with van der Waals surface area (Å²) in [5.41, 5.74) is 5.81. The van der Waals surface area contributed by atoms with Crippen LogP contribution < -0.4 is 15.8 Å². The molecule has 0 aliphatic heterocycles. The Kier molecular flexibility index (Phi) is 7.29. The largest absolute Gasteiger partial charge is 0.489 e. The van der Waals surface area contributed by atoms with Crippen LogP contribution >= 0.6 is 12.4 Å². The highest BCUT2D eigenvalue weighted by molar-refractivity contribution is 5.85. The van der Waals surface area contributed by atoms with Gasteiger partial charge >= 0.3 is 0 Å². The quantitative estimate of drug-likeness (QED) is 0.863. The highest BCUT2D eigenvalue weighted by atomic mass is 35.5. The van der Waals surface area contributed by atoms with Crippen molar-refractivity contribution in [3.63, 3.8) is 0 Å². The van der Waals surface area contributed by atoms with E-state index < -0.39 is 5.54 Å². The van der Waals surface area contributed by atoms with E-state index in [0.717, 1.165) is 25.7 Å². The summed E-state index contributed by atoms with van der Waals surface area (Å²) in [7, 11) is 0. The lowest BCUT2D eigenvalue weighted by molar-refractivity contribution is -0.128. The van der Waals surface area contributed by atoms with Crippen molar-refractivity contribution >= 4 is 18.3 Å². The molecule has 0 heterocycles. The topological polar surface area (TPSA) is 64.4 Å². The van der Waals surface area contributed by atoms with Crippen LogP contribution in [0.2, 0.25) is 0 Å². The Morgan fingerprint density at radius 1 is 1.43 bits per heavy atom. The molecule has 1 amide bonds. The highest BCUT2D eigenvalue weighted by Crippen LogP contribution is 2.31. The van der Waals surface area contributed by atoms with Crippen molar-refractivity contribution in [2.75, 3.05) is 6.54 Å². The normalized spacial score (nSPS) is 25.1. The fourth-order valence-corrected chi connectivity index (χ4v) is 2.94. The second-order valence-electron chi connectivity index (χ2n) is 6.43. The average Bonchev–Trinajstić information content (AvgIpc) is 2.47. The molecule has 1 aromatic carbocycles. The van der Waals surface area contributed by atoms with Gasteiger partial charge in [-0.05, 0) is 51.0 Å². The molecule has 2 rings (SSSR count). The molecule has 23 heavy (non-hydrogen) atoms. The molecule has 3 atom stereocenters. The predicted molar refractivity (Wildman–Crippen MR) is 91.3 cm³/mol. The highest BCUT2D eigenvalue weighted by Gasteiger charge is 2.37. The van der Waals surface area contributed by atoms with Gasteiger partial charge in [-0.1, -0.05) is 12.8 Å². The first kappa shape index (κ1) is 19.7. The van der Waals surface area contributed by atoms with Crippen molar-refractivity contribution in [1.29, 1.82) is 0 Å². The van der Waals surface area contributed by atoms with Crippen LogP contribution in [-0.4, -0.2) is 24.1 Å². The summed E-state index contributed by atoms with van der Waals surface area (Å²) < 4.78 is 18.5. The number of ether oxygens (including phenoxy) is 1. The van der Waals surface area contributed by atoms with Crippen molar-refractivity contribution in [2.24, 2.45) is 11.7 Å². The summed E-state index contributed by atoms with van der Waals surface area (Å²) in [4.78, 5) is 12.3. The summed E-state index contributed by atoms with van der Waals surface area (Å²) in [5, 5.41) is 2.92. The number of benzene rings is 1. The van der Waals surface area contributed by atoms with Crippen molar-refractivity contribution in [3.05, 3.63) is 30.1 Å². The first-order valence-electron chi connectivity index (χ1n) is 7.87. The van der Waals surface area contributed by atoms with E-state index in [2.05, 4.69) is 5.32 Å². The molecule has 1 fully saturated rings. The van der Waals surface area contributed by atoms with Gasteiger partial charge in [-0.25, -0.2) is 4.39 Å². The van der Waals surface area contributed by atoms with Gasteiger partial charge in [-0.15, -0.1) is 12.4 Å². The summed E-state index contributed by atoms with van der Waals surface area (Å²) in [5.74, 6) is 0.149. The van der Waals surface area contributed by atoms with Gasteiger partial charge in [0.25, 0.3) is 0 Å². The van der Waals surface area contributed by atoms with E-state index in [1.807, 2.05) is 13.8 Å². The number of carbonyl (C=O) groups is 1. The Bertz CT molecular complexity index is 508. The fraction of sp³-hybridized carbons (Fsp3) is 0.588.